The van der Waals surface area contributed by atoms with Gasteiger partial charge >= 0.3 is 6.03 Å². The molecule has 0 atom stereocenters. The Morgan fingerprint density at radius 2 is 1.84 bits per heavy atom. The van der Waals surface area contributed by atoms with Crippen molar-refractivity contribution in [2.75, 3.05) is 24.3 Å². The lowest BCUT2D eigenvalue weighted by molar-refractivity contribution is -0.116. The van der Waals surface area contributed by atoms with Crippen molar-refractivity contribution >= 4 is 50.8 Å². The maximum absolute atomic E-state index is 12.0. The fraction of sp³-hybridized carbons (Fsp3) is 0.176. The van der Waals surface area contributed by atoms with Crippen molar-refractivity contribution < 1.29 is 14.3 Å². The summed E-state index contributed by atoms with van der Waals surface area (Å²) in [6, 6.07) is 11.7. The number of ether oxygens (including phenoxy) is 1. The third kappa shape index (κ3) is 6.28. The zero-order valence-corrected chi connectivity index (χ0v) is 15.8. The van der Waals surface area contributed by atoms with Crippen LogP contribution in [0.4, 0.5) is 16.2 Å². The van der Waals surface area contributed by atoms with Gasteiger partial charge in [0.2, 0.25) is 5.91 Å². The van der Waals surface area contributed by atoms with Gasteiger partial charge in [-0.05, 0) is 42.5 Å². The van der Waals surface area contributed by atoms with Gasteiger partial charge in [-0.15, -0.1) is 0 Å². The topological polar surface area (TPSA) is 79.5 Å². The molecule has 6 nitrogen and oxygen atoms in total. The summed E-state index contributed by atoms with van der Waals surface area (Å²) in [5.41, 5.74) is 1.15. The minimum Gasteiger partial charge on any atom is -0.495 e. The summed E-state index contributed by atoms with van der Waals surface area (Å²) in [5.74, 6) is 0.253. The number of halogens is 2. The summed E-state index contributed by atoms with van der Waals surface area (Å²) in [7, 11) is 1.51. The van der Waals surface area contributed by atoms with E-state index in [1.165, 1.54) is 7.11 Å². The van der Waals surface area contributed by atoms with Crippen LogP contribution in [0, 0.1) is 0 Å². The molecule has 0 aromatic heterocycles. The van der Waals surface area contributed by atoms with E-state index >= 15 is 0 Å². The minimum atomic E-state index is -0.379. The van der Waals surface area contributed by atoms with E-state index in [9.17, 15) is 9.59 Å². The molecule has 2 aromatic rings. The van der Waals surface area contributed by atoms with Crippen molar-refractivity contribution in [1.82, 2.24) is 5.32 Å². The van der Waals surface area contributed by atoms with Crippen LogP contribution in [0.25, 0.3) is 0 Å². The normalized spacial score (nSPS) is 10.0. The van der Waals surface area contributed by atoms with Crippen LogP contribution < -0.4 is 20.7 Å². The molecule has 0 aliphatic heterocycles. The Kier molecular flexibility index (Phi) is 7.09. The number of rotatable bonds is 6. The Hall–Kier alpha value is -2.25. The number of hydrogen-bond donors (Lipinski definition) is 3. The van der Waals surface area contributed by atoms with E-state index in [2.05, 4.69) is 31.9 Å². The van der Waals surface area contributed by atoms with Crippen LogP contribution in [0.5, 0.6) is 5.75 Å². The van der Waals surface area contributed by atoms with Gasteiger partial charge in [0.05, 0.1) is 12.8 Å². The summed E-state index contributed by atoms with van der Waals surface area (Å²) in [5, 5.41) is 8.50. The molecule has 0 aliphatic rings. The first-order valence-electron chi connectivity index (χ1n) is 7.42. The van der Waals surface area contributed by atoms with Crippen molar-refractivity contribution in [3.05, 3.63) is 52.0 Å². The van der Waals surface area contributed by atoms with E-state index in [4.69, 9.17) is 16.3 Å². The average molecular weight is 427 g/mol. The maximum atomic E-state index is 12.0. The smallest absolute Gasteiger partial charge is 0.319 e. The predicted molar refractivity (Wildman–Crippen MR) is 102 cm³/mol. The zero-order valence-electron chi connectivity index (χ0n) is 13.4. The van der Waals surface area contributed by atoms with E-state index in [1.807, 2.05) is 12.1 Å². The van der Waals surface area contributed by atoms with Crippen LogP contribution in [-0.2, 0) is 4.79 Å². The third-order valence-corrected chi connectivity index (χ3v) is 3.94. The molecule has 0 aliphatic carbocycles. The molecule has 0 spiro atoms. The second-order valence-electron chi connectivity index (χ2n) is 5.03. The largest absolute Gasteiger partial charge is 0.495 e. The number of benzene rings is 2. The first-order valence-corrected chi connectivity index (χ1v) is 8.59. The number of hydrogen-bond acceptors (Lipinski definition) is 3. The zero-order chi connectivity index (χ0) is 18.2. The summed E-state index contributed by atoms with van der Waals surface area (Å²) >= 11 is 9.24. The highest BCUT2D eigenvalue weighted by molar-refractivity contribution is 9.10. The van der Waals surface area contributed by atoms with Crippen molar-refractivity contribution in [2.24, 2.45) is 0 Å². The minimum absolute atomic E-state index is 0.115. The Morgan fingerprint density at radius 3 is 2.52 bits per heavy atom. The van der Waals surface area contributed by atoms with E-state index in [1.54, 1.807) is 30.3 Å². The van der Waals surface area contributed by atoms with Gasteiger partial charge in [0.25, 0.3) is 0 Å². The number of urea groups is 1. The van der Waals surface area contributed by atoms with Crippen LogP contribution in [0.1, 0.15) is 6.42 Å². The lowest BCUT2D eigenvalue weighted by Crippen LogP contribution is -2.31. The van der Waals surface area contributed by atoms with E-state index in [0.717, 1.165) is 4.47 Å². The van der Waals surface area contributed by atoms with E-state index in [0.29, 0.717) is 22.1 Å². The first kappa shape index (κ1) is 19.1. The standard InChI is InChI=1S/C17H17BrClN3O3/c1-25-15-7-4-12(19)10-14(15)22-16(23)8-9-20-17(24)21-13-5-2-11(18)3-6-13/h2-7,10H,8-9H2,1H3,(H,22,23)(H2,20,21,24). The Morgan fingerprint density at radius 1 is 1.12 bits per heavy atom. The molecule has 8 heteroatoms. The van der Waals surface area contributed by atoms with Crippen molar-refractivity contribution in [2.45, 2.75) is 6.42 Å². The van der Waals surface area contributed by atoms with Crippen LogP contribution >= 0.6 is 27.5 Å². The van der Waals surface area contributed by atoms with Gasteiger partial charge in [-0.25, -0.2) is 4.79 Å². The van der Waals surface area contributed by atoms with E-state index < -0.39 is 0 Å². The molecule has 0 radical (unpaired) electrons. The summed E-state index contributed by atoms with van der Waals surface area (Å²) < 4.78 is 6.08. The molecule has 0 fully saturated rings. The van der Waals surface area contributed by atoms with Gasteiger partial charge in [-0.1, -0.05) is 27.5 Å². The molecule has 0 saturated heterocycles. The van der Waals surface area contributed by atoms with Crippen molar-refractivity contribution in [1.29, 1.82) is 0 Å². The molecule has 0 heterocycles. The molecule has 2 rings (SSSR count). The van der Waals surface area contributed by atoms with Crippen molar-refractivity contribution in [3.8, 4) is 5.75 Å². The molecule has 3 N–H and O–H groups in total. The molecular formula is C17H17BrClN3O3. The quantitative estimate of drug-likeness (QED) is 0.645. The second kappa shape index (κ2) is 9.29. The Bertz CT molecular complexity index is 753. The fourth-order valence-electron chi connectivity index (χ4n) is 1.99. The van der Waals surface area contributed by atoms with Gasteiger partial charge in [0.1, 0.15) is 5.75 Å². The first-order chi connectivity index (χ1) is 12.0. The van der Waals surface area contributed by atoms with E-state index in [-0.39, 0.29) is 24.9 Å². The number of carbonyl (C=O) groups excluding carboxylic acids is 2. The molecule has 25 heavy (non-hydrogen) atoms. The summed E-state index contributed by atoms with van der Waals surface area (Å²) in [6.45, 7) is 0.192. The molecule has 0 unspecified atom stereocenters. The van der Waals surface area contributed by atoms with Gasteiger partial charge < -0.3 is 20.7 Å². The lowest BCUT2D eigenvalue weighted by atomic mass is 10.2. The number of carbonyl (C=O) groups is 2. The van der Waals surface area contributed by atoms with Gasteiger partial charge in [-0.2, -0.15) is 0 Å². The second-order valence-corrected chi connectivity index (χ2v) is 6.38. The molecule has 2 aromatic carbocycles. The van der Waals surface area contributed by atoms with Crippen molar-refractivity contribution in [3.63, 3.8) is 0 Å². The molecular weight excluding hydrogens is 410 g/mol. The third-order valence-electron chi connectivity index (χ3n) is 3.18. The predicted octanol–water partition coefficient (Wildman–Crippen LogP) is 4.26. The Labute approximate surface area is 159 Å². The summed E-state index contributed by atoms with van der Waals surface area (Å²) in [4.78, 5) is 23.8. The number of anilines is 2. The SMILES string of the molecule is COc1ccc(Cl)cc1NC(=O)CCNC(=O)Nc1ccc(Br)cc1. The van der Waals surface area contributed by atoms with Gasteiger partial charge in [-0.3, -0.25) is 4.79 Å². The van der Waals surface area contributed by atoms with Crippen LogP contribution in [-0.4, -0.2) is 25.6 Å². The highest BCUT2D eigenvalue weighted by Gasteiger charge is 2.09. The molecule has 3 amide bonds. The monoisotopic (exact) mass is 425 g/mol. The molecule has 0 bridgehead atoms. The highest BCUT2D eigenvalue weighted by Crippen LogP contribution is 2.27. The number of methoxy groups -OCH3 is 1. The summed E-state index contributed by atoms with van der Waals surface area (Å²) in [6.07, 6.45) is 0.115. The number of nitrogens with one attached hydrogen (secondary N) is 3. The Balaban J connectivity index is 1.77. The fourth-order valence-corrected chi connectivity index (χ4v) is 2.43. The maximum Gasteiger partial charge on any atom is 0.319 e. The van der Waals surface area contributed by atoms with Gasteiger partial charge in [0.15, 0.2) is 0 Å². The average Bonchev–Trinajstić information content (AvgIpc) is 2.57. The van der Waals surface area contributed by atoms with Crippen LogP contribution in [0.2, 0.25) is 5.02 Å². The van der Waals surface area contributed by atoms with Crippen LogP contribution in [0.15, 0.2) is 46.9 Å². The highest BCUT2D eigenvalue weighted by atomic mass is 79.9. The molecule has 132 valence electrons. The lowest BCUT2D eigenvalue weighted by Gasteiger charge is -2.11. The van der Waals surface area contributed by atoms with Crippen LogP contribution in [0.3, 0.4) is 0 Å². The van der Waals surface area contributed by atoms with Gasteiger partial charge in [0, 0.05) is 28.1 Å². The number of amides is 3. The molecule has 0 saturated carbocycles.